The van der Waals surface area contributed by atoms with Gasteiger partial charge in [0.1, 0.15) is 0 Å². The number of carbonyl (C=O) groups excluding carboxylic acids is 1. The van der Waals surface area contributed by atoms with E-state index in [0.29, 0.717) is 5.69 Å². The lowest BCUT2D eigenvalue weighted by Crippen LogP contribution is -2.14. The van der Waals surface area contributed by atoms with E-state index in [1.54, 1.807) is 12.5 Å². The third-order valence-electron chi connectivity index (χ3n) is 3.08. The Balaban J connectivity index is 1.95. The predicted molar refractivity (Wildman–Crippen MR) is 78.4 cm³/mol. The summed E-state index contributed by atoms with van der Waals surface area (Å²) in [4.78, 5) is 15.4. The van der Waals surface area contributed by atoms with Crippen molar-refractivity contribution in [2.24, 2.45) is 0 Å². The van der Waals surface area contributed by atoms with E-state index >= 15 is 0 Å². The quantitative estimate of drug-likeness (QED) is 0.439. The number of furan rings is 1. The Labute approximate surface area is 120 Å². The summed E-state index contributed by atoms with van der Waals surface area (Å²) in [5.74, 6) is -0.591. The number of benzene rings is 1. The third-order valence-corrected chi connectivity index (χ3v) is 3.08. The number of fused-ring (bicyclic) bond motifs is 1. The maximum atomic E-state index is 10.9. The minimum atomic E-state index is -0.591. The molecule has 0 unspecified atom stereocenters. The number of rotatable bonds is 3. The van der Waals surface area contributed by atoms with Crippen LogP contribution in [0.5, 0.6) is 0 Å². The van der Waals surface area contributed by atoms with E-state index in [-0.39, 0.29) is 0 Å². The van der Waals surface area contributed by atoms with Gasteiger partial charge >= 0.3 is 0 Å². The predicted octanol–water partition coefficient (Wildman–Crippen LogP) is 3.01. The molecule has 1 amide bonds. The van der Waals surface area contributed by atoms with Gasteiger partial charge in [-0.05, 0) is 35.9 Å². The average molecular weight is 280 g/mol. The summed E-state index contributed by atoms with van der Waals surface area (Å²) in [6, 6.07) is 11.6. The van der Waals surface area contributed by atoms with E-state index < -0.39 is 5.91 Å². The van der Waals surface area contributed by atoms with E-state index in [9.17, 15) is 4.79 Å². The highest BCUT2D eigenvalue weighted by Crippen LogP contribution is 2.24. The molecule has 0 saturated carbocycles. The SMILES string of the molecule is O=C(/C=C/c1ccc2cc(-c3ccoc3)ccc2n1)NO. The maximum absolute atomic E-state index is 10.9. The molecule has 3 rings (SSSR count). The first kappa shape index (κ1) is 13.1. The van der Waals surface area contributed by atoms with Crippen molar-refractivity contribution in [1.82, 2.24) is 10.5 Å². The normalized spacial score (nSPS) is 11.1. The van der Waals surface area contributed by atoms with Crippen LogP contribution >= 0.6 is 0 Å². The molecule has 1 aromatic carbocycles. The molecule has 2 N–H and O–H groups in total. The molecule has 0 aliphatic heterocycles. The molecule has 0 aliphatic carbocycles. The van der Waals surface area contributed by atoms with Crippen molar-refractivity contribution in [3.05, 3.63) is 60.7 Å². The van der Waals surface area contributed by atoms with Crippen molar-refractivity contribution in [3.63, 3.8) is 0 Å². The van der Waals surface area contributed by atoms with Gasteiger partial charge in [0.05, 0.1) is 23.7 Å². The van der Waals surface area contributed by atoms with Crippen LogP contribution in [0.3, 0.4) is 0 Å². The lowest BCUT2D eigenvalue weighted by Gasteiger charge is -2.02. The summed E-state index contributed by atoms with van der Waals surface area (Å²) in [6.07, 6.45) is 6.08. The highest BCUT2D eigenvalue weighted by molar-refractivity contribution is 5.91. The number of hydrogen-bond acceptors (Lipinski definition) is 4. The summed E-state index contributed by atoms with van der Waals surface area (Å²) >= 11 is 0. The van der Waals surface area contributed by atoms with Crippen molar-refractivity contribution in [2.75, 3.05) is 0 Å². The standard InChI is InChI=1S/C16H12N2O3/c19-16(18-20)6-4-14-3-1-12-9-11(2-5-15(12)17-14)13-7-8-21-10-13/h1-10,20H,(H,18,19)/b6-4+. The van der Waals surface area contributed by atoms with Gasteiger partial charge in [0.15, 0.2) is 0 Å². The van der Waals surface area contributed by atoms with Gasteiger partial charge in [-0.2, -0.15) is 0 Å². The number of pyridine rings is 1. The molecule has 0 bridgehead atoms. The molecule has 0 atom stereocenters. The van der Waals surface area contributed by atoms with Crippen LogP contribution in [-0.4, -0.2) is 16.1 Å². The summed E-state index contributed by atoms with van der Waals surface area (Å²) in [7, 11) is 0. The molecule has 2 aromatic heterocycles. The van der Waals surface area contributed by atoms with Crippen LogP contribution in [0.15, 0.2) is 59.4 Å². The fraction of sp³-hybridized carbons (Fsp3) is 0. The minimum absolute atomic E-state index is 0.591. The molecule has 2 heterocycles. The van der Waals surface area contributed by atoms with Crippen molar-refractivity contribution in [3.8, 4) is 11.1 Å². The molecule has 21 heavy (non-hydrogen) atoms. The Morgan fingerprint density at radius 2 is 2.10 bits per heavy atom. The van der Waals surface area contributed by atoms with Gasteiger partial charge in [-0.25, -0.2) is 10.5 Å². The monoisotopic (exact) mass is 280 g/mol. The number of nitrogens with one attached hydrogen (secondary N) is 1. The largest absolute Gasteiger partial charge is 0.472 e. The molecule has 0 saturated heterocycles. The minimum Gasteiger partial charge on any atom is -0.472 e. The van der Waals surface area contributed by atoms with Crippen molar-refractivity contribution < 1.29 is 14.4 Å². The summed E-state index contributed by atoms with van der Waals surface area (Å²) in [5.41, 5.74) is 5.07. The van der Waals surface area contributed by atoms with Gasteiger partial charge in [-0.1, -0.05) is 12.1 Å². The van der Waals surface area contributed by atoms with Gasteiger partial charge in [0, 0.05) is 17.0 Å². The topological polar surface area (TPSA) is 75.4 Å². The van der Waals surface area contributed by atoms with Crippen molar-refractivity contribution >= 4 is 22.9 Å². The second-order valence-corrected chi connectivity index (χ2v) is 4.47. The van der Waals surface area contributed by atoms with Gasteiger partial charge in [-0.3, -0.25) is 10.0 Å². The fourth-order valence-electron chi connectivity index (χ4n) is 2.04. The van der Waals surface area contributed by atoms with Crippen LogP contribution in [0.1, 0.15) is 5.69 Å². The fourth-order valence-corrected chi connectivity index (χ4v) is 2.04. The molecule has 0 aliphatic rings. The molecule has 5 heteroatoms. The first-order valence-electron chi connectivity index (χ1n) is 6.32. The number of aromatic nitrogens is 1. The zero-order chi connectivity index (χ0) is 14.7. The molecule has 0 fully saturated rings. The summed E-state index contributed by atoms with van der Waals surface area (Å²) in [6.45, 7) is 0. The van der Waals surface area contributed by atoms with E-state index in [2.05, 4.69) is 4.98 Å². The number of amides is 1. The smallest absolute Gasteiger partial charge is 0.267 e. The molecular formula is C16H12N2O3. The average Bonchev–Trinajstić information content (AvgIpc) is 3.06. The Morgan fingerprint density at radius 1 is 1.19 bits per heavy atom. The molecule has 5 nitrogen and oxygen atoms in total. The molecule has 0 radical (unpaired) electrons. The van der Waals surface area contributed by atoms with Gasteiger partial charge in [-0.15, -0.1) is 0 Å². The molecule has 0 spiro atoms. The van der Waals surface area contributed by atoms with Crippen LogP contribution in [0.4, 0.5) is 0 Å². The van der Waals surface area contributed by atoms with E-state index in [1.165, 1.54) is 17.6 Å². The first-order chi connectivity index (χ1) is 10.3. The second-order valence-electron chi connectivity index (χ2n) is 4.47. The third kappa shape index (κ3) is 2.82. The number of nitrogens with zero attached hydrogens (tertiary/aromatic N) is 1. The van der Waals surface area contributed by atoms with Crippen molar-refractivity contribution in [2.45, 2.75) is 0 Å². The Morgan fingerprint density at radius 3 is 2.86 bits per heavy atom. The highest BCUT2D eigenvalue weighted by Gasteiger charge is 2.02. The van der Waals surface area contributed by atoms with E-state index in [4.69, 9.17) is 9.62 Å². The van der Waals surface area contributed by atoms with Gasteiger partial charge in [0.25, 0.3) is 5.91 Å². The van der Waals surface area contributed by atoms with E-state index in [1.807, 2.05) is 36.4 Å². The Hall–Kier alpha value is -2.92. The number of hydrogen-bond donors (Lipinski definition) is 2. The zero-order valence-electron chi connectivity index (χ0n) is 11.0. The lowest BCUT2D eigenvalue weighted by atomic mass is 10.1. The van der Waals surface area contributed by atoms with Crippen LogP contribution < -0.4 is 5.48 Å². The van der Waals surface area contributed by atoms with Crippen LogP contribution in [0.2, 0.25) is 0 Å². The maximum Gasteiger partial charge on any atom is 0.267 e. The first-order valence-corrected chi connectivity index (χ1v) is 6.32. The number of carbonyl (C=O) groups is 1. The second kappa shape index (κ2) is 5.60. The van der Waals surface area contributed by atoms with Crippen LogP contribution in [-0.2, 0) is 4.79 Å². The summed E-state index contributed by atoms with van der Waals surface area (Å²) < 4.78 is 5.08. The van der Waals surface area contributed by atoms with Gasteiger partial charge in [0.2, 0.25) is 0 Å². The van der Waals surface area contributed by atoms with E-state index in [0.717, 1.165) is 22.0 Å². The lowest BCUT2D eigenvalue weighted by molar-refractivity contribution is -0.124. The summed E-state index contributed by atoms with van der Waals surface area (Å²) in [5, 5.41) is 9.42. The Kier molecular flexibility index (Phi) is 3.49. The van der Waals surface area contributed by atoms with Crippen molar-refractivity contribution in [1.29, 1.82) is 0 Å². The number of hydroxylamine groups is 1. The molecular weight excluding hydrogens is 268 g/mol. The molecule has 3 aromatic rings. The Bertz CT molecular complexity index is 808. The highest BCUT2D eigenvalue weighted by atomic mass is 16.5. The molecule has 104 valence electrons. The van der Waals surface area contributed by atoms with Crippen LogP contribution in [0, 0.1) is 0 Å². The van der Waals surface area contributed by atoms with Gasteiger partial charge < -0.3 is 4.42 Å². The zero-order valence-corrected chi connectivity index (χ0v) is 11.0. The van der Waals surface area contributed by atoms with Crippen LogP contribution in [0.25, 0.3) is 28.1 Å².